The highest BCUT2D eigenvalue weighted by Crippen LogP contribution is 2.37. The number of halogens is 6. The molecule has 2 heterocycles. The van der Waals surface area contributed by atoms with E-state index in [1.165, 1.54) is 12.1 Å². The Balaban J connectivity index is 1.21. The van der Waals surface area contributed by atoms with E-state index >= 15 is 0 Å². The average molecular weight is 827 g/mol. The number of hydrogen-bond donors (Lipinski definition) is 0. The first-order valence-electron chi connectivity index (χ1n) is 12.8. The van der Waals surface area contributed by atoms with E-state index < -0.39 is 53.7 Å². The van der Waals surface area contributed by atoms with Gasteiger partial charge in [-0.1, -0.05) is 69.6 Å². The van der Waals surface area contributed by atoms with E-state index in [1.54, 1.807) is 0 Å². The van der Waals surface area contributed by atoms with Crippen molar-refractivity contribution in [1.82, 2.24) is 10.1 Å². The summed E-state index contributed by atoms with van der Waals surface area (Å²) in [6.07, 6.45) is 0. The van der Waals surface area contributed by atoms with Gasteiger partial charge in [-0.25, -0.2) is 0 Å². The van der Waals surface area contributed by atoms with Gasteiger partial charge in [0.25, 0.3) is 23.6 Å². The summed E-state index contributed by atoms with van der Waals surface area (Å²) < 4.78 is 66.9. The summed E-state index contributed by atoms with van der Waals surface area (Å²) in [5, 5.41) is -1.23. The van der Waals surface area contributed by atoms with Crippen LogP contribution in [0.2, 0.25) is 30.1 Å². The van der Waals surface area contributed by atoms with Gasteiger partial charge in [0.15, 0.2) is 0 Å². The minimum absolute atomic E-state index is 0.0100. The zero-order valence-corrected chi connectivity index (χ0v) is 29.4. The Morgan fingerprint density at radius 2 is 0.755 bits per heavy atom. The van der Waals surface area contributed by atoms with Crippen LogP contribution in [0.15, 0.2) is 70.5 Å². The lowest BCUT2D eigenvalue weighted by Crippen LogP contribution is -2.32. The Morgan fingerprint density at radius 1 is 0.429 bits per heavy atom. The lowest BCUT2D eigenvalue weighted by atomic mass is 10.1. The molecule has 252 valence electrons. The maximum absolute atomic E-state index is 13.1. The topological polar surface area (TPSA) is 171 Å². The van der Waals surface area contributed by atoms with Crippen molar-refractivity contribution in [1.29, 1.82) is 0 Å². The number of hydroxylamine groups is 4. The van der Waals surface area contributed by atoms with E-state index in [1.807, 2.05) is 0 Å². The maximum Gasteiger partial charge on any atom is 0.319 e. The Labute approximate surface area is 305 Å². The number of benzene rings is 4. The van der Waals surface area contributed by atoms with Crippen LogP contribution in [0.1, 0.15) is 41.4 Å². The lowest BCUT2D eigenvalue weighted by molar-refractivity contribution is -0.0107. The molecule has 2 aliphatic rings. The molecule has 13 nitrogen and oxygen atoms in total. The molecule has 0 N–H and O–H groups in total. The smallest absolute Gasteiger partial charge is 0.319 e. The Hall–Kier alpha value is -3.48. The SMILES string of the molecule is O=C1c2ccc(Oc3ccc4c(c3)C(=O)N(OS(=O)(=O)c3cc(Cl)c(Cl)cc3Cl)C4=O)cc2C(=O)N1OS(=O)(=O)c1cc(Cl)c(Cl)cc1Cl. The van der Waals surface area contributed by atoms with Gasteiger partial charge >= 0.3 is 20.2 Å². The predicted octanol–water partition coefficient (Wildman–Crippen LogP) is 7.23. The first-order chi connectivity index (χ1) is 22.9. The first-order valence-corrected chi connectivity index (χ1v) is 17.9. The van der Waals surface area contributed by atoms with Gasteiger partial charge in [0.1, 0.15) is 21.3 Å². The molecule has 0 aromatic heterocycles. The van der Waals surface area contributed by atoms with Crippen molar-refractivity contribution < 1.29 is 49.3 Å². The first kappa shape index (κ1) is 35.3. The molecule has 6 rings (SSSR count). The summed E-state index contributed by atoms with van der Waals surface area (Å²) in [5.74, 6) is -4.72. The molecular weight excluding hydrogens is 817 g/mol. The second kappa shape index (κ2) is 12.7. The van der Waals surface area contributed by atoms with Crippen LogP contribution in [0.25, 0.3) is 0 Å². The minimum Gasteiger partial charge on any atom is -0.457 e. The fraction of sp³-hybridized carbons (Fsp3) is 0. The minimum atomic E-state index is -4.86. The van der Waals surface area contributed by atoms with Crippen LogP contribution in [0.3, 0.4) is 0 Å². The number of fused-ring (bicyclic) bond motifs is 2. The van der Waals surface area contributed by atoms with E-state index in [-0.39, 0.29) is 74.0 Å². The number of carbonyl (C=O) groups is 4. The predicted molar refractivity (Wildman–Crippen MR) is 173 cm³/mol. The van der Waals surface area contributed by atoms with Crippen molar-refractivity contribution in [3.05, 3.63) is 113 Å². The highest BCUT2D eigenvalue weighted by Gasteiger charge is 2.43. The van der Waals surface area contributed by atoms with Gasteiger partial charge in [-0.15, -0.1) is 18.7 Å². The fourth-order valence-corrected chi connectivity index (χ4v) is 8.20. The number of ether oxygens (including phenoxy) is 1. The molecule has 0 spiro atoms. The molecular formula is C28H10Cl6N2O11S2. The molecule has 0 unspecified atom stereocenters. The number of hydrogen-bond acceptors (Lipinski definition) is 11. The standard InChI is InChI=1S/C28H10Cl6N2O11S2/c29-17-7-21(33)23(9-19(17)31)48(41,42)46-35-25(37)13-3-1-11(5-15(13)27(35)39)45-12-2-4-14-16(6-12)28(40)36(26(14)38)47-49(43,44)24-10-20(32)18(30)8-22(24)34/h1-10H. The summed E-state index contributed by atoms with van der Waals surface area (Å²) in [6, 6.07) is 10.9. The summed E-state index contributed by atoms with van der Waals surface area (Å²) in [4.78, 5) is 50.6. The summed E-state index contributed by atoms with van der Waals surface area (Å²) in [6.45, 7) is 0. The molecule has 4 amide bonds. The summed E-state index contributed by atoms with van der Waals surface area (Å²) in [7, 11) is -9.72. The van der Waals surface area contributed by atoms with Gasteiger partial charge < -0.3 is 4.74 Å². The molecule has 0 saturated heterocycles. The molecule has 49 heavy (non-hydrogen) atoms. The molecule has 0 bridgehead atoms. The van der Waals surface area contributed by atoms with Crippen LogP contribution in [-0.4, -0.2) is 50.6 Å². The van der Waals surface area contributed by atoms with Gasteiger partial charge in [0.05, 0.1) is 52.4 Å². The third kappa shape index (κ3) is 6.36. The molecule has 21 heteroatoms. The molecule has 4 aromatic carbocycles. The van der Waals surface area contributed by atoms with Crippen molar-refractivity contribution in [2.45, 2.75) is 9.79 Å². The van der Waals surface area contributed by atoms with Gasteiger partial charge in [-0.2, -0.15) is 16.8 Å². The Bertz CT molecular complexity index is 2260. The largest absolute Gasteiger partial charge is 0.457 e. The van der Waals surface area contributed by atoms with Crippen LogP contribution in [0.5, 0.6) is 11.5 Å². The fourth-order valence-electron chi connectivity index (χ4n) is 4.46. The number of imide groups is 2. The van der Waals surface area contributed by atoms with Crippen LogP contribution >= 0.6 is 69.6 Å². The molecule has 0 aliphatic carbocycles. The number of amides is 4. The lowest BCUT2D eigenvalue weighted by Gasteiger charge is -2.14. The quantitative estimate of drug-likeness (QED) is 0.130. The van der Waals surface area contributed by atoms with Crippen LogP contribution in [-0.2, 0) is 28.8 Å². The van der Waals surface area contributed by atoms with Crippen LogP contribution in [0, 0.1) is 0 Å². The van der Waals surface area contributed by atoms with Gasteiger partial charge in [-0.05, 0) is 60.7 Å². The summed E-state index contributed by atoms with van der Waals surface area (Å²) in [5.41, 5.74) is -1.09. The van der Waals surface area contributed by atoms with E-state index in [2.05, 4.69) is 0 Å². The number of nitrogens with zero attached hydrogens (tertiary/aromatic N) is 2. The molecule has 0 radical (unpaired) electrons. The summed E-state index contributed by atoms with van der Waals surface area (Å²) >= 11 is 35.4. The van der Waals surface area contributed by atoms with E-state index in [4.69, 9.17) is 82.9 Å². The average Bonchev–Trinajstić information content (AvgIpc) is 3.39. The third-order valence-electron chi connectivity index (χ3n) is 6.71. The van der Waals surface area contributed by atoms with E-state index in [0.29, 0.717) is 0 Å². The van der Waals surface area contributed by atoms with E-state index in [9.17, 15) is 36.0 Å². The second-order valence-corrected chi connectivity index (χ2v) is 15.2. The molecule has 0 saturated carbocycles. The molecule has 0 fully saturated rings. The normalized spacial score (nSPS) is 14.5. The van der Waals surface area contributed by atoms with Crippen molar-refractivity contribution in [2.24, 2.45) is 0 Å². The zero-order valence-electron chi connectivity index (χ0n) is 23.2. The highest BCUT2D eigenvalue weighted by atomic mass is 35.5. The van der Waals surface area contributed by atoms with E-state index in [0.717, 1.165) is 48.5 Å². The van der Waals surface area contributed by atoms with Crippen molar-refractivity contribution >= 4 is 113 Å². The van der Waals surface area contributed by atoms with Gasteiger partial charge in [-0.3, -0.25) is 19.2 Å². The van der Waals surface area contributed by atoms with Crippen LogP contribution < -0.4 is 4.74 Å². The Morgan fingerprint density at radius 3 is 1.12 bits per heavy atom. The van der Waals surface area contributed by atoms with Crippen molar-refractivity contribution in [3.8, 4) is 11.5 Å². The monoisotopic (exact) mass is 824 g/mol. The zero-order chi connectivity index (χ0) is 35.7. The highest BCUT2D eigenvalue weighted by molar-refractivity contribution is 7.87. The number of carbonyl (C=O) groups excluding carboxylic acids is 4. The second-order valence-electron chi connectivity index (χ2n) is 9.78. The maximum atomic E-state index is 13.1. The molecule has 2 aliphatic heterocycles. The Kier molecular flexibility index (Phi) is 9.15. The third-order valence-corrected chi connectivity index (χ3v) is 11.4. The molecule has 0 atom stereocenters. The van der Waals surface area contributed by atoms with Crippen molar-refractivity contribution in [3.63, 3.8) is 0 Å². The number of rotatable bonds is 8. The van der Waals surface area contributed by atoms with Crippen molar-refractivity contribution in [2.75, 3.05) is 0 Å². The van der Waals surface area contributed by atoms with Crippen LogP contribution in [0.4, 0.5) is 0 Å². The van der Waals surface area contributed by atoms with Gasteiger partial charge in [0, 0.05) is 0 Å². The van der Waals surface area contributed by atoms with Gasteiger partial charge in [0.2, 0.25) is 0 Å². The molecule has 4 aromatic rings.